The molecule has 0 aliphatic carbocycles. The van der Waals surface area contributed by atoms with Crippen LogP contribution in [-0.4, -0.2) is 17.1 Å². The van der Waals surface area contributed by atoms with E-state index in [4.69, 9.17) is 9.15 Å². The predicted molar refractivity (Wildman–Crippen MR) is 103 cm³/mol. The van der Waals surface area contributed by atoms with E-state index >= 15 is 0 Å². The van der Waals surface area contributed by atoms with Crippen LogP contribution < -0.4 is 9.54 Å². The summed E-state index contributed by atoms with van der Waals surface area (Å²) in [6.07, 6.45) is 0. The summed E-state index contributed by atoms with van der Waals surface area (Å²) in [5, 5.41) is 0.825. The minimum Gasteiger partial charge on any atom is -0.490 e. The number of amides is 1. The highest BCUT2D eigenvalue weighted by molar-refractivity contribution is 7.16. The van der Waals surface area contributed by atoms with Gasteiger partial charge >= 0.3 is 5.91 Å². The van der Waals surface area contributed by atoms with Gasteiger partial charge in [0.05, 0.1) is 16.8 Å². The largest absolute Gasteiger partial charge is 0.490 e. The molecule has 2 heterocycles. The summed E-state index contributed by atoms with van der Waals surface area (Å²) in [6.45, 7) is 4.49. The van der Waals surface area contributed by atoms with E-state index in [0.29, 0.717) is 22.7 Å². The molecule has 5 nitrogen and oxygen atoms in total. The highest BCUT2D eigenvalue weighted by atomic mass is 32.1. The monoisotopic (exact) mass is 366 g/mol. The SMILES string of the molecule is CCOc1cccc2cc(C(=O)N=c3sc4cccc(C)c4n3C)oc12. The molecule has 4 rings (SSSR count). The van der Waals surface area contributed by atoms with Crippen LogP contribution in [0.1, 0.15) is 23.0 Å². The third-order valence-corrected chi connectivity index (χ3v) is 5.34. The Hall–Kier alpha value is -2.86. The van der Waals surface area contributed by atoms with Crippen LogP contribution in [0.3, 0.4) is 0 Å². The number of thiazole rings is 1. The van der Waals surface area contributed by atoms with Gasteiger partial charge in [-0.15, -0.1) is 0 Å². The maximum atomic E-state index is 12.7. The van der Waals surface area contributed by atoms with E-state index in [1.165, 1.54) is 11.3 Å². The van der Waals surface area contributed by atoms with Crippen LogP contribution >= 0.6 is 11.3 Å². The van der Waals surface area contributed by atoms with Crippen LogP contribution in [0, 0.1) is 6.92 Å². The number of carbonyl (C=O) groups is 1. The summed E-state index contributed by atoms with van der Waals surface area (Å²) >= 11 is 1.49. The second-order valence-electron chi connectivity index (χ2n) is 6.00. The summed E-state index contributed by atoms with van der Waals surface area (Å²) < 4.78 is 14.4. The van der Waals surface area contributed by atoms with Gasteiger partial charge in [0.2, 0.25) is 0 Å². The van der Waals surface area contributed by atoms with Crippen molar-refractivity contribution in [2.45, 2.75) is 13.8 Å². The number of benzene rings is 2. The number of rotatable bonds is 3. The van der Waals surface area contributed by atoms with Crippen LogP contribution in [-0.2, 0) is 7.05 Å². The van der Waals surface area contributed by atoms with E-state index in [0.717, 1.165) is 21.2 Å². The normalized spacial score (nSPS) is 12.2. The standard InChI is InChI=1S/C20H18N2O3S/c1-4-24-14-9-6-8-13-11-15(25-18(13)14)19(23)21-20-22(3)17-12(2)7-5-10-16(17)26-20/h5-11H,4H2,1-3H3. The van der Waals surface area contributed by atoms with Gasteiger partial charge in [-0.3, -0.25) is 4.79 Å². The van der Waals surface area contributed by atoms with Crippen molar-refractivity contribution in [3.8, 4) is 5.75 Å². The Kier molecular flexibility index (Phi) is 4.12. The smallest absolute Gasteiger partial charge is 0.315 e. The first-order valence-electron chi connectivity index (χ1n) is 8.38. The van der Waals surface area contributed by atoms with Gasteiger partial charge in [-0.05, 0) is 37.6 Å². The number of hydrogen-bond acceptors (Lipinski definition) is 4. The number of aryl methyl sites for hydroxylation is 2. The summed E-state index contributed by atoms with van der Waals surface area (Å²) in [5.74, 6) is 0.442. The molecule has 0 atom stereocenters. The van der Waals surface area contributed by atoms with Crippen LogP contribution in [0.15, 0.2) is 51.9 Å². The highest BCUT2D eigenvalue weighted by Crippen LogP contribution is 2.29. The average Bonchev–Trinajstić information content (AvgIpc) is 3.19. The fourth-order valence-corrected chi connectivity index (χ4v) is 4.15. The number of furan rings is 1. The molecule has 6 heteroatoms. The van der Waals surface area contributed by atoms with Crippen LogP contribution in [0.2, 0.25) is 0 Å². The maximum absolute atomic E-state index is 12.7. The van der Waals surface area contributed by atoms with E-state index in [9.17, 15) is 4.79 Å². The van der Waals surface area contributed by atoms with Gasteiger partial charge < -0.3 is 13.7 Å². The summed E-state index contributed by atoms with van der Waals surface area (Å²) in [6, 6.07) is 13.4. The molecule has 0 aliphatic rings. The Balaban J connectivity index is 1.80. The molecule has 0 saturated heterocycles. The first-order chi connectivity index (χ1) is 12.6. The molecule has 0 saturated carbocycles. The molecule has 2 aromatic carbocycles. The van der Waals surface area contributed by atoms with Crippen molar-refractivity contribution in [2.24, 2.45) is 12.0 Å². The lowest BCUT2D eigenvalue weighted by Crippen LogP contribution is -2.13. The molecule has 0 aliphatic heterocycles. The first kappa shape index (κ1) is 16.6. The summed E-state index contributed by atoms with van der Waals surface area (Å²) in [7, 11) is 1.92. The topological polar surface area (TPSA) is 56.7 Å². The van der Waals surface area contributed by atoms with Crippen LogP contribution in [0.5, 0.6) is 5.75 Å². The zero-order valence-corrected chi connectivity index (χ0v) is 15.6. The van der Waals surface area contributed by atoms with Gasteiger partial charge in [0, 0.05) is 12.4 Å². The fourth-order valence-electron chi connectivity index (χ4n) is 3.06. The number of hydrogen-bond donors (Lipinski definition) is 0. The van der Waals surface area contributed by atoms with Crippen molar-refractivity contribution >= 4 is 38.4 Å². The molecule has 0 fully saturated rings. The van der Waals surface area contributed by atoms with Crippen molar-refractivity contribution in [1.82, 2.24) is 4.57 Å². The molecule has 0 bridgehead atoms. The van der Waals surface area contributed by atoms with Crippen molar-refractivity contribution in [2.75, 3.05) is 6.61 Å². The van der Waals surface area contributed by atoms with Gasteiger partial charge in [-0.25, -0.2) is 0 Å². The lowest BCUT2D eigenvalue weighted by atomic mass is 10.2. The van der Waals surface area contributed by atoms with Crippen molar-refractivity contribution in [3.05, 3.63) is 58.6 Å². The number of aromatic nitrogens is 1. The minimum absolute atomic E-state index is 0.210. The fraction of sp³-hybridized carbons (Fsp3) is 0.200. The zero-order valence-electron chi connectivity index (χ0n) is 14.8. The quantitative estimate of drug-likeness (QED) is 0.539. The minimum atomic E-state index is -0.400. The molecule has 132 valence electrons. The molecule has 0 spiro atoms. The van der Waals surface area contributed by atoms with E-state index in [-0.39, 0.29) is 5.76 Å². The van der Waals surface area contributed by atoms with Gasteiger partial charge in [-0.1, -0.05) is 35.6 Å². The van der Waals surface area contributed by atoms with Gasteiger partial charge in [0.15, 0.2) is 21.9 Å². The Morgan fingerprint density at radius 3 is 2.85 bits per heavy atom. The summed E-state index contributed by atoms with van der Waals surface area (Å²) in [5.41, 5.74) is 2.82. The number of carbonyl (C=O) groups excluding carboxylic acids is 1. The molecule has 0 radical (unpaired) electrons. The Bertz CT molecular complexity index is 1200. The Morgan fingerprint density at radius 1 is 1.27 bits per heavy atom. The third kappa shape index (κ3) is 2.72. The molecule has 2 aromatic heterocycles. The second-order valence-corrected chi connectivity index (χ2v) is 7.01. The Morgan fingerprint density at radius 2 is 2.08 bits per heavy atom. The van der Waals surface area contributed by atoms with E-state index in [2.05, 4.69) is 18.0 Å². The molecule has 1 amide bonds. The van der Waals surface area contributed by atoms with Gasteiger partial charge in [0.25, 0.3) is 0 Å². The van der Waals surface area contributed by atoms with E-state index in [1.54, 1.807) is 6.07 Å². The lowest BCUT2D eigenvalue weighted by molar-refractivity contribution is 0.0973. The highest BCUT2D eigenvalue weighted by Gasteiger charge is 2.15. The first-order valence-corrected chi connectivity index (χ1v) is 9.19. The molecule has 26 heavy (non-hydrogen) atoms. The molecule has 4 aromatic rings. The molecular weight excluding hydrogens is 348 g/mol. The predicted octanol–water partition coefficient (Wildman–Crippen LogP) is 4.43. The molecule has 0 N–H and O–H groups in total. The van der Waals surface area contributed by atoms with Gasteiger partial charge in [-0.2, -0.15) is 4.99 Å². The molecular formula is C20H18N2O3S. The van der Waals surface area contributed by atoms with Crippen molar-refractivity contribution in [3.63, 3.8) is 0 Å². The average molecular weight is 366 g/mol. The number of ether oxygens (including phenoxy) is 1. The van der Waals surface area contributed by atoms with E-state index < -0.39 is 5.91 Å². The third-order valence-electron chi connectivity index (χ3n) is 4.24. The Labute approximate surface area is 154 Å². The maximum Gasteiger partial charge on any atom is 0.315 e. The van der Waals surface area contributed by atoms with Crippen LogP contribution in [0.4, 0.5) is 0 Å². The lowest BCUT2D eigenvalue weighted by Gasteiger charge is -2.01. The van der Waals surface area contributed by atoms with Crippen LogP contribution in [0.25, 0.3) is 21.2 Å². The second kappa shape index (κ2) is 6.46. The molecule has 0 unspecified atom stereocenters. The number of para-hydroxylation sites is 2. The summed E-state index contributed by atoms with van der Waals surface area (Å²) in [4.78, 5) is 17.6. The van der Waals surface area contributed by atoms with E-state index in [1.807, 2.05) is 48.9 Å². The van der Waals surface area contributed by atoms with Crippen molar-refractivity contribution < 1.29 is 13.9 Å². The van der Waals surface area contributed by atoms with Crippen molar-refractivity contribution in [1.29, 1.82) is 0 Å². The number of fused-ring (bicyclic) bond motifs is 2. The van der Waals surface area contributed by atoms with Gasteiger partial charge in [0.1, 0.15) is 0 Å². The zero-order chi connectivity index (χ0) is 18.3. The number of nitrogens with zero attached hydrogens (tertiary/aromatic N) is 2.